The number of rotatable bonds is 21. The molecule has 0 bridgehead atoms. The summed E-state index contributed by atoms with van der Waals surface area (Å²) in [6, 6.07) is 21.2. The summed E-state index contributed by atoms with van der Waals surface area (Å²) in [5.41, 5.74) is 3.47. The number of aliphatic hydroxyl groups excluding tert-OH is 2. The van der Waals surface area contributed by atoms with Gasteiger partial charge in [-0.05, 0) is 98.0 Å². The molecule has 60 heavy (non-hydrogen) atoms. The molecule has 1 amide bonds. The first-order valence-corrected chi connectivity index (χ1v) is 22.2. The molecule has 3 aromatic rings. The Kier molecular flexibility index (Phi) is 15.0. The van der Waals surface area contributed by atoms with E-state index < -0.39 is 23.8 Å². The van der Waals surface area contributed by atoms with Crippen LogP contribution in [0.3, 0.4) is 0 Å². The monoisotopic (exact) mass is 842 g/mol. The van der Waals surface area contributed by atoms with E-state index in [1.54, 1.807) is 29.7 Å². The first-order valence-electron chi connectivity index (χ1n) is 21.2. The molecule has 0 saturated heterocycles. The van der Waals surface area contributed by atoms with E-state index in [0.29, 0.717) is 42.4 Å². The van der Waals surface area contributed by atoms with Crippen LogP contribution in [0.5, 0.6) is 23.0 Å². The zero-order chi connectivity index (χ0) is 41.9. The van der Waals surface area contributed by atoms with Crippen LogP contribution in [0.1, 0.15) is 68.9 Å². The van der Waals surface area contributed by atoms with Crippen LogP contribution in [0.25, 0.3) is 0 Å². The van der Waals surface area contributed by atoms with Crippen molar-refractivity contribution in [2.24, 2.45) is 22.9 Å². The molecule has 12 nitrogen and oxygen atoms in total. The van der Waals surface area contributed by atoms with Crippen molar-refractivity contribution in [3.8, 4) is 23.0 Å². The highest BCUT2D eigenvalue weighted by molar-refractivity contribution is 7.99. The minimum absolute atomic E-state index is 0.0784. The molecule has 7 rings (SSSR count). The zero-order valence-electron chi connectivity index (χ0n) is 34.7. The first kappa shape index (κ1) is 43.4. The van der Waals surface area contributed by atoms with Gasteiger partial charge in [0, 0.05) is 48.3 Å². The Labute approximate surface area is 357 Å². The molecule has 322 valence electrons. The SMILES string of the molecule is C=CCO[C@@]12Oc3ccc(OCCSc4ccccc4)cc3[C@H]3[C@H](CCCCO)[C@@H](CCCCO)C=C(C(=NOC)C[C@@H]1N(Cc1ccc4c(c1)OCO4)C(=O)OCC)[C@H]32. The second-order valence-electron chi connectivity index (χ2n) is 15.5. The molecule has 4 aliphatic rings. The van der Waals surface area contributed by atoms with Crippen LogP contribution in [-0.4, -0.2) is 91.4 Å². The number of oxime groups is 1. The van der Waals surface area contributed by atoms with Gasteiger partial charge in [-0.1, -0.05) is 54.4 Å². The summed E-state index contributed by atoms with van der Waals surface area (Å²) in [7, 11) is 1.54. The van der Waals surface area contributed by atoms with Gasteiger partial charge in [0.15, 0.2) is 11.5 Å². The zero-order valence-corrected chi connectivity index (χ0v) is 35.5. The molecule has 0 unspecified atom stereocenters. The van der Waals surface area contributed by atoms with Crippen molar-refractivity contribution in [2.75, 3.05) is 52.7 Å². The van der Waals surface area contributed by atoms with Crippen molar-refractivity contribution < 1.29 is 48.3 Å². The molecule has 3 aromatic carbocycles. The molecule has 1 fully saturated rings. The van der Waals surface area contributed by atoms with Crippen molar-refractivity contribution in [3.63, 3.8) is 0 Å². The molecule has 0 radical (unpaired) electrons. The number of amides is 1. The van der Waals surface area contributed by atoms with Gasteiger partial charge in [0.05, 0.1) is 31.5 Å². The van der Waals surface area contributed by atoms with Gasteiger partial charge < -0.3 is 43.5 Å². The standard InChI is InChI=1S/C47H58N2O10S/c1-4-23-58-47-43(49(46(52)54-5-2)30-32-17-19-41-42(26-32)57-31-56-41)29-39(48-53-3)37-27-33(13-9-11-21-50)36(16-10-12-22-51)44(45(37)47)38-28-34(18-20-40(38)59-47)55-24-25-60-35-14-7-6-8-15-35/h4,6-8,14-15,17-20,26-28,33,36,43-45,50-51H,1,5,9-13,16,21-25,29-31H2,2-3H3/t33-,36+,43-,44+,45+,47+/m0/s1. The molecule has 13 heteroatoms. The fourth-order valence-corrected chi connectivity index (χ4v) is 10.2. The molecule has 2 aliphatic heterocycles. The van der Waals surface area contributed by atoms with Crippen LogP contribution in [0.4, 0.5) is 4.79 Å². The minimum Gasteiger partial charge on any atom is -0.493 e. The Balaban J connectivity index is 1.36. The van der Waals surface area contributed by atoms with E-state index in [4.69, 9.17) is 33.3 Å². The highest BCUT2D eigenvalue weighted by Crippen LogP contribution is 2.62. The lowest BCUT2D eigenvalue weighted by Crippen LogP contribution is -2.70. The third kappa shape index (κ3) is 9.44. The van der Waals surface area contributed by atoms with E-state index in [1.165, 1.54) is 12.0 Å². The third-order valence-corrected chi connectivity index (χ3v) is 12.9. The smallest absolute Gasteiger partial charge is 0.410 e. The second kappa shape index (κ2) is 20.7. The van der Waals surface area contributed by atoms with Gasteiger partial charge in [-0.3, -0.25) is 4.90 Å². The van der Waals surface area contributed by atoms with Crippen molar-refractivity contribution in [1.29, 1.82) is 0 Å². The maximum Gasteiger partial charge on any atom is 0.410 e. The number of fused-ring (bicyclic) bond motifs is 3. The number of hydrogen-bond donors (Lipinski definition) is 2. The number of hydrogen-bond acceptors (Lipinski definition) is 12. The van der Waals surface area contributed by atoms with Crippen molar-refractivity contribution in [2.45, 2.75) is 81.1 Å². The van der Waals surface area contributed by atoms with Crippen molar-refractivity contribution in [3.05, 3.63) is 102 Å². The number of aliphatic hydroxyl groups is 2. The number of unbranched alkanes of at least 4 members (excludes halogenated alkanes) is 2. The number of carbonyl (C=O) groups excluding carboxylic acids is 1. The Hall–Kier alpha value is -4.69. The summed E-state index contributed by atoms with van der Waals surface area (Å²) in [4.78, 5) is 22.9. The van der Waals surface area contributed by atoms with Crippen LogP contribution in [-0.2, 0) is 20.9 Å². The van der Waals surface area contributed by atoms with Gasteiger partial charge in [-0.2, -0.15) is 0 Å². The van der Waals surface area contributed by atoms with Gasteiger partial charge in [-0.25, -0.2) is 4.79 Å². The van der Waals surface area contributed by atoms with E-state index >= 15 is 0 Å². The summed E-state index contributed by atoms with van der Waals surface area (Å²) in [5, 5.41) is 24.5. The maximum atomic E-state index is 14.4. The number of carbonyl (C=O) groups is 1. The molecule has 0 spiro atoms. The number of ether oxygens (including phenoxy) is 6. The molecule has 6 atom stereocenters. The van der Waals surface area contributed by atoms with Gasteiger partial charge in [0.1, 0.15) is 24.7 Å². The first-order chi connectivity index (χ1) is 29.4. The van der Waals surface area contributed by atoms with E-state index in [0.717, 1.165) is 53.9 Å². The predicted molar refractivity (Wildman–Crippen MR) is 230 cm³/mol. The average Bonchev–Trinajstić information content (AvgIpc) is 3.74. The normalized spacial score (nSPS) is 24.1. The summed E-state index contributed by atoms with van der Waals surface area (Å²) in [6.07, 6.45) is 8.45. The Morgan fingerprint density at radius 2 is 1.78 bits per heavy atom. The Morgan fingerprint density at radius 3 is 2.55 bits per heavy atom. The van der Waals surface area contributed by atoms with Crippen LogP contribution >= 0.6 is 11.8 Å². The molecule has 2 N–H and O–H groups in total. The van der Waals surface area contributed by atoms with E-state index in [9.17, 15) is 15.0 Å². The summed E-state index contributed by atoms with van der Waals surface area (Å²) < 4.78 is 38.0. The lowest BCUT2D eigenvalue weighted by Gasteiger charge is -2.59. The van der Waals surface area contributed by atoms with Gasteiger partial charge in [0.2, 0.25) is 12.6 Å². The molecule has 1 saturated carbocycles. The van der Waals surface area contributed by atoms with Gasteiger partial charge in [-0.15, -0.1) is 18.3 Å². The highest BCUT2D eigenvalue weighted by Gasteiger charge is 2.65. The number of benzene rings is 3. The Bertz CT molecular complexity index is 1980. The van der Waals surface area contributed by atoms with Crippen LogP contribution < -0.4 is 18.9 Å². The number of nitrogens with zero attached hydrogens (tertiary/aromatic N) is 2. The van der Waals surface area contributed by atoms with Crippen molar-refractivity contribution >= 4 is 23.6 Å². The Morgan fingerprint density at radius 1 is 1.00 bits per heavy atom. The van der Waals surface area contributed by atoms with Crippen LogP contribution in [0.15, 0.2) is 101 Å². The van der Waals surface area contributed by atoms with Crippen LogP contribution in [0, 0.1) is 17.8 Å². The highest BCUT2D eigenvalue weighted by atomic mass is 32.2. The maximum absolute atomic E-state index is 14.4. The third-order valence-electron chi connectivity index (χ3n) is 11.9. The summed E-state index contributed by atoms with van der Waals surface area (Å²) >= 11 is 1.75. The largest absolute Gasteiger partial charge is 0.493 e. The van der Waals surface area contributed by atoms with Crippen LogP contribution in [0.2, 0.25) is 0 Å². The van der Waals surface area contributed by atoms with E-state index in [1.807, 2.05) is 48.5 Å². The van der Waals surface area contributed by atoms with E-state index in [-0.39, 0.29) is 63.9 Å². The fraction of sp³-hybridized carbons (Fsp3) is 0.489. The lowest BCUT2D eigenvalue weighted by atomic mass is 9.55. The summed E-state index contributed by atoms with van der Waals surface area (Å²) in [5.74, 6) is 1.54. The lowest BCUT2D eigenvalue weighted by molar-refractivity contribution is -0.256. The van der Waals surface area contributed by atoms with E-state index in [2.05, 4.69) is 36.0 Å². The topological polar surface area (TPSA) is 138 Å². The average molecular weight is 843 g/mol. The molecule has 2 aliphatic carbocycles. The van der Waals surface area contributed by atoms with Gasteiger partial charge >= 0.3 is 6.09 Å². The number of thioether (sulfide) groups is 1. The second-order valence-corrected chi connectivity index (χ2v) is 16.6. The predicted octanol–water partition coefficient (Wildman–Crippen LogP) is 8.51. The molecule has 2 heterocycles. The van der Waals surface area contributed by atoms with Crippen molar-refractivity contribution in [1.82, 2.24) is 4.90 Å². The summed E-state index contributed by atoms with van der Waals surface area (Å²) in [6.45, 7) is 7.15. The van der Waals surface area contributed by atoms with Gasteiger partial charge in [0.25, 0.3) is 0 Å². The fourth-order valence-electron chi connectivity index (χ4n) is 9.43. The quantitative estimate of drug-likeness (QED) is 0.0462. The number of allylic oxidation sites excluding steroid dienone is 1. The molecule has 0 aromatic heterocycles. The molecular formula is C47H58N2O10S. The minimum atomic E-state index is -1.42. The molecular weight excluding hydrogens is 785 g/mol.